The van der Waals surface area contributed by atoms with Crippen LogP contribution in [0.3, 0.4) is 0 Å². The van der Waals surface area contributed by atoms with Gasteiger partial charge in [0.2, 0.25) is 0 Å². The van der Waals surface area contributed by atoms with Gasteiger partial charge in [0, 0.05) is 16.8 Å². The summed E-state index contributed by atoms with van der Waals surface area (Å²) < 4.78 is 24.1. The summed E-state index contributed by atoms with van der Waals surface area (Å²) in [6.07, 6.45) is 1.59. The van der Waals surface area contributed by atoms with E-state index in [-0.39, 0.29) is 11.5 Å². The molecule has 0 amide bonds. The van der Waals surface area contributed by atoms with Crippen LogP contribution in [0.25, 0.3) is 0 Å². The summed E-state index contributed by atoms with van der Waals surface area (Å²) in [6.45, 7) is 2.56. The first-order valence-corrected chi connectivity index (χ1v) is 9.21. The quantitative estimate of drug-likeness (QED) is 0.786. The van der Waals surface area contributed by atoms with Gasteiger partial charge in [-0.05, 0) is 37.4 Å². The third kappa shape index (κ3) is 5.63. The molecule has 0 aliphatic rings. The zero-order chi connectivity index (χ0) is 14.3. The molecule has 0 aromatic heterocycles. The summed E-state index contributed by atoms with van der Waals surface area (Å²) in [5.74, 6) is 0.861. The number of likely N-dealkylation sites (N-methyl/N-ethyl adjacent to an activating group) is 1. The van der Waals surface area contributed by atoms with Crippen LogP contribution >= 0.6 is 15.9 Å². The fourth-order valence-electron chi connectivity index (χ4n) is 2.11. The summed E-state index contributed by atoms with van der Waals surface area (Å²) in [4.78, 5) is 0. The van der Waals surface area contributed by atoms with Crippen LogP contribution in [0.1, 0.15) is 31.2 Å². The van der Waals surface area contributed by atoms with Crippen molar-refractivity contribution in [3.8, 4) is 0 Å². The molecule has 1 aromatic carbocycles. The van der Waals surface area contributed by atoms with E-state index < -0.39 is 9.84 Å². The topological polar surface area (TPSA) is 46.2 Å². The lowest BCUT2D eigenvalue weighted by Gasteiger charge is -2.18. The Bertz CT molecular complexity index is 488. The molecule has 1 aromatic rings. The van der Waals surface area contributed by atoms with Crippen LogP contribution in [-0.2, 0) is 9.84 Å². The van der Waals surface area contributed by atoms with Crippen molar-refractivity contribution in [2.24, 2.45) is 0 Å². The lowest BCUT2D eigenvalue weighted by Crippen LogP contribution is -2.19. The maximum atomic E-state index is 11.5. The van der Waals surface area contributed by atoms with Crippen molar-refractivity contribution in [2.45, 2.75) is 25.7 Å². The summed E-state index contributed by atoms with van der Waals surface area (Å²) in [7, 11) is -0.931. The Labute approximate surface area is 124 Å². The molecule has 0 heterocycles. The third-order valence-corrected chi connectivity index (χ3v) is 5.76. The molecule has 0 spiro atoms. The normalized spacial score (nSPS) is 13.4. The molecule has 19 heavy (non-hydrogen) atoms. The number of rotatable bonds is 8. The molecule has 1 unspecified atom stereocenters. The monoisotopic (exact) mass is 347 g/mol. The predicted octanol–water partition coefficient (Wildman–Crippen LogP) is 2.97. The van der Waals surface area contributed by atoms with Crippen LogP contribution in [0.15, 0.2) is 28.7 Å². The van der Waals surface area contributed by atoms with Crippen molar-refractivity contribution in [1.82, 2.24) is 5.32 Å². The number of nitrogens with one attached hydrogen (secondary N) is 1. The molecule has 3 nitrogen and oxygen atoms in total. The van der Waals surface area contributed by atoms with Crippen LogP contribution < -0.4 is 5.32 Å². The number of hydrogen-bond donors (Lipinski definition) is 1. The molecule has 0 aliphatic heterocycles. The van der Waals surface area contributed by atoms with Gasteiger partial charge in [-0.2, -0.15) is 0 Å². The smallest absolute Gasteiger partial charge is 0.150 e. The average Bonchev–Trinajstić information content (AvgIpc) is 2.38. The van der Waals surface area contributed by atoms with Crippen molar-refractivity contribution < 1.29 is 8.42 Å². The summed E-state index contributed by atoms with van der Waals surface area (Å²) >= 11 is 3.57. The Balaban J connectivity index is 2.67. The van der Waals surface area contributed by atoms with Gasteiger partial charge in [-0.1, -0.05) is 41.1 Å². The molecule has 5 heteroatoms. The van der Waals surface area contributed by atoms with Gasteiger partial charge in [0.1, 0.15) is 9.84 Å². The Morgan fingerprint density at radius 2 is 2.00 bits per heavy atom. The van der Waals surface area contributed by atoms with Gasteiger partial charge >= 0.3 is 0 Å². The van der Waals surface area contributed by atoms with E-state index in [9.17, 15) is 8.42 Å². The minimum Gasteiger partial charge on any atom is -0.319 e. The van der Waals surface area contributed by atoms with Crippen LogP contribution in [0, 0.1) is 0 Å². The Morgan fingerprint density at radius 3 is 2.58 bits per heavy atom. The van der Waals surface area contributed by atoms with E-state index in [1.165, 1.54) is 5.56 Å². The minimum absolute atomic E-state index is 0.235. The zero-order valence-corrected chi connectivity index (χ0v) is 13.9. The van der Waals surface area contributed by atoms with Gasteiger partial charge in [-0.3, -0.25) is 0 Å². The van der Waals surface area contributed by atoms with E-state index in [1.54, 1.807) is 6.92 Å². The second-order valence-corrected chi connectivity index (χ2v) is 7.98. The molecular weight excluding hydrogens is 326 g/mol. The SMILES string of the molecule is CCS(=O)(=O)CCCC(CNC)c1ccccc1Br. The highest BCUT2D eigenvalue weighted by Crippen LogP contribution is 2.28. The molecule has 1 rings (SSSR count). The molecule has 1 atom stereocenters. The summed E-state index contributed by atoms with van der Waals surface area (Å²) in [5, 5.41) is 3.18. The third-order valence-electron chi connectivity index (χ3n) is 3.24. The molecule has 1 N–H and O–H groups in total. The van der Waals surface area contributed by atoms with E-state index in [0.29, 0.717) is 12.3 Å². The van der Waals surface area contributed by atoms with Gasteiger partial charge in [-0.15, -0.1) is 0 Å². The Morgan fingerprint density at radius 1 is 1.32 bits per heavy atom. The Hall–Kier alpha value is -0.390. The maximum absolute atomic E-state index is 11.5. The lowest BCUT2D eigenvalue weighted by molar-refractivity contribution is 0.561. The van der Waals surface area contributed by atoms with E-state index in [2.05, 4.69) is 27.3 Å². The minimum atomic E-state index is -2.85. The molecule has 0 fully saturated rings. The second-order valence-electron chi connectivity index (χ2n) is 4.65. The zero-order valence-electron chi connectivity index (χ0n) is 11.5. The van der Waals surface area contributed by atoms with Crippen LogP contribution in [0.2, 0.25) is 0 Å². The summed E-state index contributed by atoms with van der Waals surface area (Å²) in [6, 6.07) is 8.14. The number of halogens is 1. The molecule has 0 radical (unpaired) electrons. The van der Waals surface area contributed by atoms with E-state index in [1.807, 2.05) is 25.2 Å². The molecule has 108 valence electrons. The highest BCUT2D eigenvalue weighted by molar-refractivity contribution is 9.10. The van der Waals surface area contributed by atoms with E-state index >= 15 is 0 Å². The van der Waals surface area contributed by atoms with Crippen LogP contribution in [0.5, 0.6) is 0 Å². The van der Waals surface area contributed by atoms with Gasteiger partial charge in [0.15, 0.2) is 0 Å². The fraction of sp³-hybridized carbons (Fsp3) is 0.571. The summed E-state index contributed by atoms with van der Waals surface area (Å²) in [5.41, 5.74) is 1.24. The average molecular weight is 348 g/mol. The van der Waals surface area contributed by atoms with Crippen molar-refractivity contribution in [3.05, 3.63) is 34.3 Å². The first kappa shape index (κ1) is 16.7. The number of benzene rings is 1. The van der Waals surface area contributed by atoms with Crippen molar-refractivity contribution in [2.75, 3.05) is 25.1 Å². The van der Waals surface area contributed by atoms with Crippen molar-refractivity contribution >= 4 is 25.8 Å². The molecule has 0 bridgehead atoms. The maximum Gasteiger partial charge on any atom is 0.150 e. The number of sulfone groups is 1. The second kappa shape index (κ2) is 8.02. The molecule has 0 aliphatic carbocycles. The lowest BCUT2D eigenvalue weighted by atomic mass is 9.94. The number of hydrogen-bond acceptors (Lipinski definition) is 3. The van der Waals surface area contributed by atoms with Crippen LogP contribution in [0.4, 0.5) is 0 Å². The molecular formula is C14H22BrNO2S. The first-order valence-electron chi connectivity index (χ1n) is 6.59. The van der Waals surface area contributed by atoms with Gasteiger partial charge < -0.3 is 5.32 Å². The van der Waals surface area contributed by atoms with Crippen molar-refractivity contribution in [3.63, 3.8) is 0 Å². The molecule has 0 saturated carbocycles. The van der Waals surface area contributed by atoms with Gasteiger partial charge in [-0.25, -0.2) is 8.42 Å². The van der Waals surface area contributed by atoms with Crippen LogP contribution in [-0.4, -0.2) is 33.5 Å². The van der Waals surface area contributed by atoms with Gasteiger partial charge in [0.05, 0.1) is 5.75 Å². The van der Waals surface area contributed by atoms with E-state index in [4.69, 9.17) is 0 Å². The highest BCUT2D eigenvalue weighted by Gasteiger charge is 2.15. The molecule has 0 saturated heterocycles. The first-order chi connectivity index (χ1) is 9.00. The fourth-order valence-corrected chi connectivity index (χ4v) is 3.62. The standard InChI is InChI=1S/C14H22BrNO2S/c1-3-19(17,18)10-6-7-12(11-16-2)13-8-4-5-9-14(13)15/h4-5,8-9,12,16H,3,6-7,10-11H2,1-2H3. The van der Waals surface area contributed by atoms with E-state index in [0.717, 1.165) is 17.4 Å². The van der Waals surface area contributed by atoms with Crippen molar-refractivity contribution in [1.29, 1.82) is 0 Å². The van der Waals surface area contributed by atoms with Gasteiger partial charge in [0.25, 0.3) is 0 Å². The largest absolute Gasteiger partial charge is 0.319 e. The highest BCUT2D eigenvalue weighted by atomic mass is 79.9. The Kier molecular flexibility index (Phi) is 7.04. The predicted molar refractivity (Wildman–Crippen MR) is 84.4 cm³/mol.